The molecular weight excluding hydrogens is 344 g/mol. The van der Waals surface area contributed by atoms with Crippen molar-refractivity contribution in [3.8, 4) is 0 Å². The second-order valence-corrected chi connectivity index (χ2v) is 6.73. The van der Waals surface area contributed by atoms with Crippen LogP contribution in [0.1, 0.15) is 12.8 Å². The van der Waals surface area contributed by atoms with Crippen molar-refractivity contribution >= 4 is 29.1 Å². The fraction of sp³-hybridized carbons (Fsp3) is 0.368. The summed E-state index contributed by atoms with van der Waals surface area (Å²) in [6.45, 7) is 3.50. The Kier molecular flexibility index (Phi) is 4.86. The largest absolute Gasteiger partial charge is 0.368 e. The maximum atomic E-state index is 12.1. The van der Waals surface area contributed by atoms with E-state index in [1.54, 1.807) is 12.4 Å². The van der Waals surface area contributed by atoms with Crippen LogP contribution in [0.4, 0.5) is 17.3 Å². The zero-order valence-electron chi connectivity index (χ0n) is 15.0. The molecule has 2 fully saturated rings. The molecule has 1 aromatic carbocycles. The predicted octanol–water partition coefficient (Wildman–Crippen LogP) is 1.02. The summed E-state index contributed by atoms with van der Waals surface area (Å²) in [5, 5.41) is 5.41. The first-order valence-electron chi connectivity index (χ1n) is 9.16. The molecule has 2 aliphatic rings. The molecule has 1 atom stereocenters. The summed E-state index contributed by atoms with van der Waals surface area (Å²) >= 11 is 0. The van der Waals surface area contributed by atoms with Crippen LogP contribution in [0.25, 0.3) is 0 Å². The average Bonchev–Trinajstić information content (AvgIpc) is 3.16. The molecule has 0 radical (unpaired) electrons. The number of hydrogen-bond acceptors (Lipinski definition) is 6. The van der Waals surface area contributed by atoms with E-state index in [4.69, 9.17) is 0 Å². The van der Waals surface area contributed by atoms with Crippen LogP contribution in [-0.4, -0.2) is 54.0 Å². The number of nitrogens with zero attached hydrogens (tertiary/aromatic N) is 4. The Morgan fingerprint density at radius 2 is 1.70 bits per heavy atom. The summed E-state index contributed by atoms with van der Waals surface area (Å²) in [7, 11) is 0. The number of aromatic nitrogens is 2. The van der Waals surface area contributed by atoms with Crippen molar-refractivity contribution in [2.75, 3.05) is 41.3 Å². The zero-order chi connectivity index (χ0) is 18.6. The van der Waals surface area contributed by atoms with Gasteiger partial charge in [0, 0.05) is 38.3 Å². The van der Waals surface area contributed by atoms with Crippen LogP contribution in [0, 0.1) is 0 Å². The number of piperazine rings is 1. The molecule has 1 aromatic heterocycles. The minimum absolute atomic E-state index is 0.0867. The van der Waals surface area contributed by atoms with Gasteiger partial charge in [-0.1, -0.05) is 18.2 Å². The lowest BCUT2D eigenvalue weighted by Crippen LogP contribution is -2.47. The van der Waals surface area contributed by atoms with Gasteiger partial charge in [0.15, 0.2) is 0 Å². The van der Waals surface area contributed by atoms with Gasteiger partial charge < -0.3 is 20.4 Å². The van der Waals surface area contributed by atoms with E-state index in [0.29, 0.717) is 24.5 Å². The van der Waals surface area contributed by atoms with E-state index in [2.05, 4.69) is 54.7 Å². The second kappa shape index (κ2) is 7.61. The topological polar surface area (TPSA) is 90.5 Å². The summed E-state index contributed by atoms with van der Waals surface area (Å²) in [4.78, 5) is 36.6. The third-order valence-corrected chi connectivity index (χ3v) is 4.90. The minimum atomic E-state index is -0.469. The third kappa shape index (κ3) is 3.99. The molecule has 0 unspecified atom stereocenters. The predicted molar refractivity (Wildman–Crippen MR) is 103 cm³/mol. The number of anilines is 3. The number of nitrogens with one attached hydrogen (secondary N) is 2. The molecule has 2 amide bonds. The van der Waals surface area contributed by atoms with E-state index in [-0.39, 0.29) is 11.8 Å². The molecule has 2 aliphatic heterocycles. The maximum absolute atomic E-state index is 12.1. The van der Waals surface area contributed by atoms with E-state index >= 15 is 0 Å². The zero-order valence-corrected chi connectivity index (χ0v) is 15.0. The smallest absolute Gasteiger partial charge is 0.247 e. The highest BCUT2D eigenvalue weighted by molar-refractivity contribution is 5.98. The number of carbonyl (C=O) groups is 2. The van der Waals surface area contributed by atoms with Crippen LogP contribution < -0.4 is 20.4 Å². The molecule has 2 saturated heterocycles. The standard InChI is InChI=1S/C19H22N6O2/c26-17-7-6-16(23-17)18(27)22-14-12-20-19(21-13-14)25-10-8-24(9-11-25)15-4-2-1-3-5-15/h1-5,12-13,16H,6-11H2,(H,22,27)(H,23,26)/t16-/m1/s1. The van der Waals surface area contributed by atoms with Crippen LogP contribution in [0.2, 0.25) is 0 Å². The molecule has 2 N–H and O–H groups in total. The Labute approximate surface area is 157 Å². The lowest BCUT2D eigenvalue weighted by molar-refractivity contribution is -0.122. The summed E-state index contributed by atoms with van der Waals surface area (Å²) in [5.41, 5.74) is 1.77. The Morgan fingerprint density at radius 3 is 2.33 bits per heavy atom. The molecule has 0 aliphatic carbocycles. The number of rotatable bonds is 4. The summed E-state index contributed by atoms with van der Waals surface area (Å²) < 4.78 is 0. The average molecular weight is 366 g/mol. The van der Waals surface area contributed by atoms with Crippen LogP contribution in [0.5, 0.6) is 0 Å². The molecule has 0 spiro atoms. The molecular formula is C19H22N6O2. The van der Waals surface area contributed by atoms with Crippen LogP contribution >= 0.6 is 0 Å². The first-order valence-corrected chi connectivity index (χ1v) is 9.16. The Balaban J connectivity index is 1.32. The molecule has 8 heteroatoms. The van der Waals surface area contributed by atoms with Crippen molar-refractivity contribution in [1.29, 1.82) is 0 Å². The second-order valence-electron chi connectivity index (χ2n) is 6.73. The van der Waals surface area contributed by atoms with Crippen molar-refractivity contribution in [3.63, 3.8) is 0 Å². The molecule has 0 saturated carbocycles. The number of carbonyl (C=O) groups excluding carboxylic acids is 2. The van der Waals surface area contributed by atoms with Crippen molar-refractivity contribution in [2.45, 2.75) is 18.9 Å². The fourth-order valence-corrected chi connectivity index (χ4v) is 3.39. The summed E-state index contributed by atoms with van der Waals surface area (Å²) in [6.07, 6.45) is 4.14. The number of benzene rings is 1. The first kappa shape index (κ1) is 17.3. The van der Waals surface area contributed by atoms with Crippen LogP contribution in [0.15, 0.2) is 42.7 Å². The van der Waals surface area contributed by atoms with E-state index in [1.807, 2.05) is 6.07 Å². The fourth-order valence-electron chi connectivity index (χ4n) is 3.39. The van der Waals surface area contributed by atoms with Gasteiger partial charge in [0.1, 0.15) is 6.04 Å². The minimum Gasteiger partial charge on any atom is -0.368 e. The number of amides is 2. The van der Waals surface area contributed by atoms with Gasteiger partial charge in [-0.3, -0.25) is 9.59 Å². The van der Waals surface area contributed by atoms with Crippen LogP contribution in [-0.2, 0) is 9.59 Å². The van der Waals surface area contributed by atoms with E-state index in [1.165, 1.54) is 5.69 Å². The molecule has 140 valence electrons. The quantitative estimate of drug-likeness (QED) is 0.840. The number of para-hydroxylation sites is 1. The third-order valence-electron chi connectivity index (χ3n) is 4.90. The molecule has 0 bridgehead atoms. The Morgan fingerprint density at radius 1 is 1.04 bits per heavy atom. The summed E-state index contributed by atoms with van der Waals surface area (Å²) in [6, 6.07) is 9.90. The van der Waals surface area contributed by atoms with Gasteiger partial charge in [-0.15, -0.1) is 0 Å². The highest BCUT2D eigenvalue weighted by atomic mass is 16.2. The lowest BCUT2D eigenvalue weighted by Gasteiger charge is -2.36. The lowest BCUT2D eigenvalue weighted by atomic mass is 10.2. The Hall–Kier alpha value is -3.16. The monoisotopic (exact) mass is 366 g/mol. The normalized spacial score (nSPS) is 19.7. The SMILES string of the molecule is O=C1CC[C@H](C(=O)Nc2cnc(N3CCN(c4ccccc4)CC3)nc2)N1. The van der Waals surface area contributed by atoms with E-state index < -0.39 is 6.04 Å². The van der Waals surface area contributed by atoms with Crippen molar-refractivity contribution in [1.82, 2.24) is 15.3 Å². The summed E-state index contributed by atoms with van der Waals surface area (Å²) in [5.74, 6) is 0.347. The molecule has 4 rings (SSSR count). The molecule has 3 heterocycles. The van der Waals surface area contributed by atoms with Gasteiger partial charge in [0.05, 0.1) is 18.1 Å². The molecule has 8 nitrogen and oxygen atoms in total. The van der Waals surface area contributed by atoms with Gasteiger partial charge in [-0.05, 0) is 18.6 Å². The van der Waals surface area contributed by atoms with E-state index in [0.717, 1.165) is 26.2 Å². The number of hydrogen-bond donors (Lipinski definition) is 2. The maximum Gasteiger partial charge on any atom is 0.247 e. The molecule has 2 aromatic rings. The van der Waals surface area contributed by atoms with Crippen molar-refractivity contribution in [3.05, 3.63) is 42.7 Å². The highest BCUT2D eigenvalue weighted by Crippen LogP contribution is 2.18. The van der Waals surface area contributed by atoms with Gasteiger partial charge in [0.25, 0.3) is 0 Å². The van der Waals surface area contributed by atoms with Gasteiger partial charge in [-0.25, -0.2) is 9.97 Å². The van der Waals surface area contributed by atoms with Crippen LogP contribution in [0.3, 0.4) is 0 Å². The van der Waals surface area contributed by atoms with Crippen molar-refractivity contribution < 1.29 is 9.59 Å². The Bertz CT molecular complexity index is 803. The molecule has 27 heavy (non-hydrogen) atoms. The van der Waals surface area contributed by atoms with Gasteiger partial charge in [0.2, 0.25) is 17.8 Å². The van der Waals surface area contributed by atoms with Crippen molar-refractivity contribution in [2.24, 2.45) is 0 Å². The van der Waals surface area contributed by atoms with Gasteiger partial charge >= 0.3 is 0 Å². The first-order chi connectivity index (χ1) is 13.2. The highest BCUT2D eigenvalue weighted by Gasteiger charge is 2.27. The van der Waals surface area contributed by atoms with E-state index in [9.17, 15) is 9.59 Å². The van der Waals surface area contributed by atoms with Gasteiger partial charge in [-0.2, -0.15) is 0 Å².